The molecule has 0 amide bonds. The molecule has 0 saturated carbocycles. The van der Waals surface area contributed by atoms with Gasteiger partial charge in [-0.3, -0.25) is 4.79 Å². The maximum absolute atomic E-state index is 13.7. The first-order valence-corrected chi connectivity index (χ1v) is 10.0. The summed E-state index contributed by atoms with van der Waals surface area (Å²) < 4.78 is 46.2. The third-order valence-corrected chi connectivity index (χ3v) is 5.05. The van der Waals surface area contributed by atoms with Crippen molar-refractivity contribution in [2.75, 3.05) is 0 Å². The molecule has 0 heterocycles. The molecule has 0 saturated heterocycles. The van der Waals surface area contributed by atoms with Gasteiger partial charge in [0.1, 0.15) is 5.76 Å². The highest BCUT2D eigenvalue weighted by atomic mass is 19.4. The van der Waals surface area contributed by atoms with Crippen LogP contribution in [0.15, 0.2) is 59.9 Å². The van der Waals surface area contributed by atoms with Gasteiger partial charge in [-0.2, -0.15) is 13.2 Å². The Kier molecular flexibility index (Phi) is 10.4. The van der Waals surface area contributed by atoms with Crippen molar-refractivity contribution in [3.8, 4) is 0 Å². The Labute approximate surface area is 173 Å². The van der Waals surface area contributed by atoms with Gasteiger partial charge in [0.25, 0.3) is 0 Å². The molecule has 1 unspecified atom stereocenters. The fourth-order valence-corrected chi connectivity index (χ4v) is 2.78. The molecular formula is C24H35F3O2. The number of halogens is 3. The van der Waals surface area contributed by atoms with Gasteiger partial charge in [0.05, 0.1) is 0 Å². The summed E-state index contributed by atoms with van der Waals surface area (Å²) >= 11 is 0. The van der Waals surface area contributed by atoms with E-state index in [9.17, 15) is 18.0 Å². The van der Waals surface area contributed by atoms with Crippen LogP contribution in [0.1, 0.15) is 67.7 Å². The molecule has 0 radical (unpaired) electrons. The van der Waals surface area contributed by atoms with Gasteiger partial charge in [0, 0.05) is 6.42 Å². The molecule has 1 aliphatic rings. The molecule has 0 fully saturated rings. The number of esters is 1. The number of carbonyl (C=O) groups excluding carboxylic acids is 1. The van der Waals surface area contributed by atoms with E-state index in [1.54, 1.807) is 18.2 Å². The lowest BCUT2D eigenvalue weighted by atomic mass is 9.67. The molecule has 0 spiro atoms. The zero-order valence-corrected chi connectivity index (χ0v) is 18.7. The summed E-state index contributed by atoms with van der Waals surface area (Å²) in [6.45, 7) is 14.7. The molecular weight excluding hydrogens is 377 g/mol. The number of rotatable bonds is 5. The lowest BCUT2D eigenvalue weighted by Gasteiger charge is -2.40. The summed E-state index contributed by atoms with van der Waals surface area (Å²) in [5, 5.41) is 0. The molecule has 5 heteroatoms. The van der Waals surface area contributed by atoms with Crippen LogP contribution in [0.2, 0.25) is 0 Å². The first-order valence-electron chi connectivity index (χ1n) is 10.0. The number of carbonyl (C=O) groups is 1. The highest BCUT2D eigenvalue weighted by Crippen LogP contribution is 2.51. The molecule has 0 aliphatic heterocycles. The van der Waals surface area contributed by atoms with Crippen molar-refractivity contribution in [1.29, 1.82) is 0 Å². The molecule has 29 heavy (non-hydrogen) atoms. The minimum absolute atomic E-state index is 0.258. The summed E-state index contributed by atoms with van der Waals surface area (Å²) in [6, 6.07) is 0. The first kappa shape index (κ1) is 27.0. The Morgan fingerprint density at radius 1 is 1.10 bits per heavy atom. The standard InChI is InChI=1S/C22H29F3O2.C2H6/c1-7-10-16(11-8-2)17-12-9-13-18(15-14-17)27-19(26)21(6,20(3,4)5)22(23,24)25;1-2/h7-8,10-11,14-15H,1,9,12-13H2,2-6H3;1-2H3/b11-8-,16-10+;. The Morgan fingerprint density at radius 3 is 2.14 bits per heavy atom. The van der Waals surface area contributed by atoms with Crippen molar-refractivity contribution in [2.24, 2.45) is 10.8 Å². The van der Waals surface area contributed by atoms with E-state index in [1.807, 2.05) is 39.0 Å². The van der Waals surface area contributed by atoms with Crippen LogP contribution in [0.4, 0.5) is 13.2 Å². The Balaban J connectivity index is 0.00000379. The average molecular weight is 413 g/mol. The highest BCUT2D eigenvalue weighted by molar-refractivity contribution is 5.79. The minimum Gasteiger partial charge on any atom is -0.430 e. The Morgan fingerprint density at radius 2 is 1.69 bits per heavy atom. The zero-order chi connectivity index (χ0) is 22.9. The molecule has 0 aromatic carbocycles. The number of hydrogen-bond donors (Lipinski definition) is 0. The first-order chi connectivity index (χ1) is 13.4. The van der Waals surface area contributed by atoms with E-state index >= 15 is 0 Å². The molecule has 2 nitrogen and oxygen atoms in total. The fraction of sp³-hybridized carbons (Fsp3) is 0.542. The number of allylic oxidation sites excluding steroid dienone is 9. The average Bonchev–Trinajstić information content (AvgIpc) is 2.86. The van der Waals surface area contributed by atoms with Crippen LogP contribution in [0, 0.1) is 10.8 Å². The van der Waals surface area contributed by atoms with Crippen LogP contribution >= 0.6 is 0 Å². The van der Waals surface area contributed by atoms with E-state index in [0.29, 0.717) is 12.8 Å². The number of alkyl halides is 3. The van der Waals surface area contributed by atoms with E-state index in [0.717, 1.165) is 24.5 Å². The molecule has 1 rings (SSSR count). The fourth-order valence-electron chi connectivity index (χ4n) is 2.78. The van der Waals surface area contributed by atoms with Crippen LogP contribution in [-0.4, -0.2) is 12.1 Å². The lowest BCUT2D eigenvalue weighted by Crippen LogP contribution is -2.52. The topological polar surface area (TPSA) is 26.3 Å². The van der Waals surface area contributed by atoms with E-state index in [-0.39, 0.29) is 5.76 Å². The molecule has 1 aliphatic carbocycles. The van der Waals surface area contributed by atoms with Crippen molar-refractivity contribution in [2.45, 2.75) is 73.9 Å². The van der Waals surface area contributed by atoms with Gasteiger partial charge in [0.2, 0.25) is 0 Å². The van der Waals surface area contributed by atoms with Gasteiger partial charge in [-0.15, -0.1) is 0 Å². The van der Waals surface area contributed by atoms with Gasteiger partial charge >= 0.3 is 12.1 Å². The number of hydrogen-bond acceptors (Lipinski definition) is 2. The maximum atomic E-state index is 13.7. The Bertz CT molecular complexity index is 670. The summed E-state index contributed by atoms with van der Waals surface area (Å²) in [5.41, 5.74) is -1.93. The second-order valence-electron chi connectivity index (χ2n) is 7.80. The third kappa shape index (κ3) is 6.76. The summed E-state index contributed by atoms with van der Waals surface area (Å²) in [4.78, 5) is 12.5. The van der Waals surface area contributed by atoms with Crippen LogP contribution in [0.5, 0.6) is 0 Å². The van der Waals surface area contributed by atoms with Crippen molar-refractivity contribution >= 4 is 5.97 Å². The van der Waals surface area contributed by atoms with Crippen LogP contribution in [0.25, 0.3) is 0 Å². The quantitative estimate of drug-likeness (QED) is 0.339. The van der Waals surface area contributed by atoms with Gasteiger partial charge < -0.3 is 4.74 Å². The predicted molar refractivity (Wildman–Crippen MR) is 114 cm³/mol. The molecule has 0 aromatic rings. The highest BCUT2D eigenvalue weighted by Gasteiger charge is 2.64. The van der Waals surface area contributed by atoms with Crippen molar-refractivity contribution in [3.63, 3.8) is 0 Å². The SMILES string of the molecule is C=C/C=C(\C=C/C)C1=CC=C(OC(=O)C(C)(C(C)(C)C)C(F)(F)F)CCC1.CC. The van der Waals surface area contributed by atoms with E-state index in [4.69, 9.17) is 4.74 Å². The second kappa shape index (κ2) is 11.2. The number of ether oxygens (including phenoxy) is 1. The van der Waals surface area contributed by atoms with E-state index in [2.05, 4.69) is 6.58 Å². The van der Waals surface area contributed by atoms with E-state index in [1.165, 1.54) is 20.8 Å². The van der Waals surface area contributed by atoms with Gasteiger partial charge in [-0.1, -0.05) is 71.6 Å². The summed E-state index contributed by atoms with van der Waals surface area (Å²) in [7, 11) is 0. The monoisotopic (exact) mass is 412 g/mol. The van der Waals surface area contributed by atoms with Crippen LogP contribution in [-0.2, 0) is 9.53 Å². The minimum atomic E-state index is -4.71. The maximum Gasteiger partial charge on any atom is 0.405 e. The van der Waals surface area contributed by atoms with Crippen molar-refractivity contribution in [1.82, 2.24) is 0 Å². The van der Waals surface area contributed by atoms with Gasteiger partial charge in [-0.05, 0) is 49.3 Å². The summed E-state index contributed by atoms with van der Waals surface area (Å²) in [5.74, 6) is -1.01. The van der Waals surface area contributed by atoms with Crippen LogP contribution in [0.3, 0.4) is 0 Å². The van der Waals surface area contributed by atoms with Crippen LogP contribution < -0.4 is 0 Å². The van der Waals surface area contributed by atoms with Gasteiger partial charge in [-0.25, -0.2) is 0 Å². The molecule has 0 N–H and O–H groups in total. The smallest absolute Gasteiger partial charge is 0.405 e. The van der Waals surface area contributed by atoms with Gasteiger partial charge in [0.15, 0.2) is 5.41 Å². The molecule has 1 atom stereocenters. The lowest BCUT2D eigenvalue weighted by molar-refractivity contribution is -0.253. The summed E-state index contributed by atoms with van der Waals surface area (Å²) in [6.07, 6.45) is 7.91. The van der Waals surface area contributed by atoms with Crippen molar-refractivity contribution < 1.29 is 22.7 Å². The molecule has 0 bridgehead atoms. The van der Waals surface area contributed by atoms with Crippen molar-refractivity contribution in [3.05, 3.63) is 59.9 Å². The molecule has 164 valence electrons. The predicted octanol–water partition coefficient (Wildman–Crippen LogP) is 7.85. The second-order valence-corrected chi connectivity index (χ2v) is 7.80. The van der Waals surface area contributed by atoms with E-state index < -0.39 is 23.0 Å². The largest absolute Gasteiger partial charge is 0.430 e. The normalized spacial score (nSPS) is 17.9. The third-order valence-electron chi connectivity index (χ3n) is 5.05. The molecule has 0 aromatic heterocycles. The Hall–Kier alpha value is -2.04. The zero-order valence-electron chi connectivity index (χ0n) is 18.7.